The van der Waals surface area contributed by atoms with Gasteiger partial charge in [-0.15, -0.1) is 0 Å². The van der Waals surface area contributed by atoms with Crippen LogP contribution in [0.1, 0.15) is 11.1 Å². The van der Waals surface area contributed by atoms with Gasteiger partial charge in [0.15, 0.2) is 0 Å². The Hall–Kier alpha value is -2.56. The molecule has 2 N–H and O–H groups in total. The molecule has 0 aliphatic rings. The predicted octanol–water partition coefficient (Wildman–Crippen LogP) is 2.92. The number of carbonyl (C=O) groups is 1. The molecule has 0 saturated heterocycles. The van der Waals surface area contributed by atoms with Crippen molar-refractivity contribution >= 4 is 6.03 Å². The summed E-state index contributed by atoms with van der Waals surface area (Å²) in [5, 5.41) is 5.51. The normalized spacial score (nSPS) is 10.2. The minimum Gasteiger partial charge on any atom is -0.497 e. The second kappa shape index (κ2) is 8.78. The molecule has 2 aromatic rings. The van der Waals surface area contributed by atoms with E-state index in [1.165, 1.54) is 6.07 Å². The summed E-state index contributed by atoms with van der Waals surface area (Å²) in [6, 6.07) is 14.1. The fraction of sp³-hybridized carbons (Fsp3) is 0.278. The zero-order chi connectivity index (χ0) is 16.5. The number of methoxy groups -OCH3 is 1. The summed E-state index contributed by atoms with van der Waals surface area (Å²) in [5.74, 6) is 0.560. The average molecular weight is 316 g/mol. The van der Waals surface area contributed by atoms with Gasteiger partial charge in [-0.1, -0.05) is 30.3 Å². The Bertz CT molecular complexity index is 646. The second-order valence-corrected chi connectivity index (χ2v) is 5.13. The van der Waals surface area contributed by atoms with Crippen LogP contribution < -0.4 is 15.4 Å². The minimum atomic E-state index is -0.246. The molecular weight excluding hydrogens is 295 g/mol. The third kappa shape index (κ3) is 5.62. The molecule has 0 atom stereocenters. The number of hydrogen-bond acceptors (Lipinski definition) is 2. The van der Waals surface area contributed by atoms with Crippen molar-refractivity contribution in [3.05, 3.63) is 65.5 Å². The van der Waals surface area contributed by atoms with Crippen molar-refractivity contribution in [1.82, 2.24) is 10.6 Å². The minimum absolute atomic E-state index is 0.243. The van der Waals surface area contributed by atoms with E-state index in [1.807, 2.05) is 24.3 Å². The summed E-state index contributed by atoms with van der Waals surface area (Å²) >= 11 is 0. The van der Waals surface area contributed by atoms with Crippen LogP contribution in [0.25, 0.3) is 0 Å². The molecule has 0 aliphatic heterocycles. The zero-order valence-corrected chi connectivity index (χ0v) is 13.1. The number of amides is 2. The highest BCUT2D eigenvalue weighted by molar-refractivity contribution is 5.73. The maximum absolute atomic E-state index is 13.4. The van der Waals surface area contributed by atoms with E-state index in [0.29, 0.717) is 25.1 Å². The topological polar surface area (TPSA) is 50.4 Å². The van der Waals surface area contributed by atoms with Gasteiger partial charge in [0.1, 0.15) is 11.6 Å². The number of rotatable bonds is 7. The SMILES string of the molecule is COc1cccc(CCNC(=O)NCCc2ccccc2F)c1. The average Bonchev–Trinajstić information content (AvgIpc) is 2.57. The highest BCUT2D eigenvalue weighted by Crippen LogP contribution is 2.12. The monoisotopic (exact) mass is 316 g/mol. The van der Waals surface area contributed by atoms with E-state index in [2.05, 4.69) is 10.6 Å². The highest BCUT2D eigenvalue weighted by Gasteiger charge is 2.03. The molecule has 2 amide bonds. The molecule has 0 spiro atoms. The van der Waals surface area contributed by atoms with Crippen molar-refractivity contribution in [3.8, 4) is 5.75 Å². The van der Waals surface area contributed by atoms with Crippen molar-refractivity contribution in [2.45, 2.75) is 12.8 Å². The van der Waals surface area contributed by atoms with Crippen LogP contribution >= 0.6 is 0 Å². The number of ether oxygens (including phenoxy) is 1. The van der Waals surface area contributed by atoms with Crippen molar-refractivity contribution in [2.24, 2.45) is 0 Å². The Morgan fingerprint density at radius 3 is 2.52 bits per heavy atom. The van der Waals surface area contributed by atoms with Gasteiger partial charge in [0, 0.05) is 13.1 Å². The Labute approximate surface area is 135 Å². The van der Waals surface area contributed by atoms with E-state index >= 15 is 0 Å². The molecule has 0 radical (unpaired) electrons. The van der Waals surface area contributed by atoms with E-state index < -0.39 is 0 Å². The van der Waals surface area contributed by atoms with Gasteiger partial charge in [-0.05, 0) is 42.2 Å². The number of urea groups is 1. The summed E-state index contributed by atoms with van der Waals surface area (Å²) in [6.45, 7) is 0.921. The Kier molecular flexibility index (Phi) is 6.41. The lowest BCUT2D eigenvalue weighted by atomic mass is 10.1. The number of carbonyl (C=O) groups excluding carboxylic acids is 1. The lowest BCUT2D eigenvalue weighted by Crippen LogP contribution is -2.37. The standard InChI is InChI=1S/C18H21FN2O2/c1-23-16-7-4-5-14(13-16)9-11-20-18(22)21-12-10-15-6-2-3-8-17(15)19/h2-8,13H,9-12H2,1H3,(H2,20,21,22). The Balaban J connectivity index is 1.66. The summed E-state index contributed by atoms with van der Waals surface area (Å²) in [6.07, 6.45) is 1.19. The third-order valence-electron chi connectivity index (χ3n) is 3.47. The van der Waals surface area contributed by atoms with Crippen LogP contribution in [0.3, 0.4) is 0 Å². The van der Waals surface area contributed by atoms with Crippen LogP contribution in [-0.2, 0) is 12.8 Å². The van der Waals surface area contributed by atoms with Crippen molar-refractivity contribution < 1.29 is 13.9 Å². The number of nitrogens with one attached hydrogen (secondary N) is 2. The first-order valence-electron chi connectivity index (χ1n) is 7.57. The van der Waals surface area contributed by atoms with Crippen LogP contribution in [0.5, 0.6) is 5.75 Å². The van der Waals surface area contributed by atoms with E-state index in [1.54, 1.807) is 25.3 Å². The summed E-state index contributed by atoms with van der Waals surface area (Å²) in [4.78, 5) is 11.7. The molecule has 23 heavy (non-hydrogen) atoms. The molecule has 2 rings (SSSR count). The van der Waals surface area contributed by atoms with Gasteiger partial charge in [-0.25, -0.2) is 9.18 Å². The van der Waals surface area contributed by atoms with Gasteiger partial charge in [-0.3, -0.25) is 0 Å². The third-order valence-corrected chi connectivity index (χ3v) is 3.47. The second-order valence-electron chi connectivity index (χ2n) is 5.13. The largest absolute Gasteiger partial charge is 0.497 e. The van der Waals surface area contributed by atoms with Crippen LogP contribution in [0.4, 0.5) is 9.18 Å². The molecule has 0 heterocycles. The summed E-state index contributed by atoms with van der Waals surface area (Å²) in [5.41, 5.74) is 1.69. The molecule has 0 aliphatic carbocycles. The molecule has 0 aromatic heterocycles. The first kappa shape index (κ1) is 16.8. The van der Waals surface area contributed by atoms with E-state index in [0.717, 1.165) is 17.7 Å². The van der Waals surface area contributed by atoms with Gasteiger partial charge in [0.05, 0.1) is 7.11 Å². The molecular formula is C18H21FN2O2. The Morgan fingerprint density at radius 2 is 1.78 bits per heavy atom. The number of benzene rings is 2. The van der Waals surface area contributed by atoms with Gasteiger partial charge < -0.3 is 15.4 Å². The van der Waals surface area contributed by atoms with Crippen LogP contribution in [-0.4, -0.2) is 26.2 Å². The molecule has 0 unspecified atom stereocenters. The molecule has 4 nitrogen and oxygen atoms in total. The predicted molar refractivity (Wildman–Crippen MR) is 88.2 cm³/mol. The highest BCUT2D eigenvalue weighted by atomic mass is 19.1. The first-order valence-corrected chi connectivity index (χ1v) is 7.57. The fourth-order valence-corrected chi connectivity index (χ4v) is 2.22. The molecule has 5 heteroatoms. The number of hydrogen-bond donors (Lipinski definition) is 2. The van der Waals surface area contributed by atoms with Gasteiger partial charge >= 0.3 is 6.03 Å². The van der Waals surface area contributed by atoms with Crippen LogP contribution in [0, 0.1) is 5.82 Å². The lowest BCUT2D eigenvalue weighted by Gasteiger charge is -2.09. The maximum atomic E-state index is 13.4. The van der Waals surface area contributed by atoms with Crippen LogP contribution in [0.2, 0.25) is 0 Å². The summed E-state index contributed by atoms with van der Waals surface area (Å²) < 4.78 is 18.6. The number of halogens is 1. The van der Waals surface area contributed by atoms with Crippen molar-refractivity contribution in [1.29, 1.82) is 0 Å². The summed E-state index contributed by atoms with van der Waals surface area (Å²) in [7, 11) is 1.63. The fourth-order valence-electron chi connectivity index (χ4n) is 2.22. The van der Waals surface area contributed by atoms with E-state index in [-0.39, 0.29) is 11.8 Å². The van der Waals surface area contributed by atoms with Crippen molar-refractivity contribution in [2.75, 3.05) is 20.2 Å². The zero-order valence-electron chi connectivity index (χ0n) is 13.1. The smallest absolute Gasteiger partial charge is 0.314 e. The lowest BCUT2D eigenvalue weighted by molar-refractivity contribution is 0.241. The van der Waals surface area contributed by atoms with Crippen LogP contribution in [0.15, 0.2) is 48.5 Å². The molecule has 0 saturated carbocycles. The van der Waals surface area contributed by atoms with E-state index in [4.69, 9.17) is 4.74 Å². The van der Waals surface area contributed by atoms with Gasteiger partial charge in [-0.2, -0.15) is 0 Å². The molecule has 0 fully saturated rings. The Morgan fingerprint density at radius 1 is 1.04 bits per heavy atom. The van der Waals surface area contributed by atoms with Crippen molar-refractivity contribution in [3.63, 3.8) is 0 Å². The molecule has 0 bridgehead atoms. The molecule has 122 valence electrons. The van der Waals surface area contributed by atoms with Gasteiger partial charge in [0.2, 0.25) is 0 Å². The quantitative estimate of drug-likeness (QED) is 0.825. The first-order chi connectivity index (χ1) is 11.2. The van der Waals surface area contributed by atoms with E-state index in [9.17, 15) is 9.18 Å². The van der Waals surface area contributed by atoms with Gasteiger partial charge in [0.25, 0.3) is 0 Å². The maximum Gasteiger partial charge on any atom is 0.314 e. The molecule has 2 aromatic carbocycles.